The van der Waals surface area contributed by atoms with E-state index in [0.29, 0.717) is 12.2 Å². The van der Waals surface area contributed by atoms with Crippen molar-refractivity contribution in [2.24, 2.45) is 0 Å². The smallest absolute Gasteiger partial charge is 0.328 e. The van der Waals surface area contributed by atoms with Gasteiger partial charge in [-0.2, -0.15) is 9.97 Å². The average molecular weight is 477 g/mol. The standard InChI is InChI=1S/C19H32N6O.C4H4O4/c26-15-5-6-22-11-13-24(14-12-22)18-16-17(23-7-1-2-8-23)20-19(21-18)25-9-3-4-10-25;5-3(6)1-2-4(7)8/h16,26H,1-15H2;1-2H,(H,5,6)(H,7,8)/b;2-1+. The number of nitrogens with zero attached hydrogens (tertiary/aromatic N) is 6. The van der Waals surface area contributed by atoms with Gasteiger partial charge in [0.25, 0.3) is 0 Å². The lowest BCUT2D eigenvalue weighted by atomic mass is 10.3. The number of hydrogen-bond donors (Lipinski definition) is 3. The molecule has 0 saturated carbocycles. The van der Waals surface area contributed by atoms with Crippen LogP contribution in [0.1, 0.15) is 32.1 Å². The minimum atomic E-state index is -1.26. The quantitative estimate of drug-likeness (QED) is 0.462. The topological polar surface area (TPSA) is 134 Å². The van der Waals surface area contributed by atoms with Gasteiger partial charge in [0, 0.05) is 83.7 Å². The van der Waals surface area contributed by atoms with Crippen LogP contribution in [-0.4, -0.2) is 108 Å². The molecule has 0 unspecified atom stereocenters. The molecule has 1 aromatic rings. The fourth-order valence-corrected chi connectivity index (χ4v) is 4.38. The SMILES string of the molecule is O=C(O)/C=C/C(=O)O.OCCCN1CCN(c2cc(N3CCCC3)nc(N3CCCC3)n2)CC1. The van der Waals surface area contributed by atoms with E-state index in [1.54, 1.807) is 0 Å². The maximum absolute atomic E-state index is 9.55. The molecule has 34 heavy (non-hydrogen) atoms. The third kappa shape index (κ3) is 7.84. The monoisotopic (exact) mass is 476 g/mol. The zero-order chi connectivity index (χ0) is 24.3. The number of carboxylic acids is 2. The number of rotatable bonds is 8. The van der Waals surface area contributed by atoms with E-state index in [1.807, 2.05) is 0 Å². The Bertz CT molecular complexity index is 781. The number of hydrogen-bond acceptors (Lipinski definition) is 9. The van der Waals surface area contributed by atoms with Crippen LogP contribution in [0.3, 0.4) is 0 Å². The van der Waals surface area contributed by atoms with Crippen molar-refractivity contribution in [1.29, 1.82) is 0 Å². The molecule has 0 aliphatic carbocycles. The average Bonchev–Trinajstić information content (AvgIpc) is 3.57. The van der Waals surface area contributed by atoms with Crippen LogP contribution in [0.2, 0.25) is 0 Å². The van der Waals surface area contributed by atoms with Crippen LogP contribution in [-0.2, 0) is 9.59 Å². The van der Waals surface area contributed by atoms with Gasteiger partial charge in [-0.1, -0.05) is 0 Å². The fraction of sp³-hybridized carbons (Fsp3) is 0.652. The predicted octanol–water partition coefficient (Wildman–Crippen LogP) is 0.893. The highest BCUT2D eigenvalue weighted by Gasteiger charge is 2.24. The van der Waals surface area contributed by atoms with Crippen molar-refractivity contribution < 1.29 is 24.9 Å². The van der Waals surface area contributed by atoms with Crippen LogP contribution in [0.5, 0.6) is 0 Å². The lowest BCUT2D eigenvalue weighted by Crippen LogP contribution is -2.47. The summed E-state index contributed by atoms with van der Waals surface area (Å²) in [6.07, 6.45) is 7.01. The molecule has 0 amide bonds. The Morgan fingerprint density at radius 1 is 0.765 bits per heavy atom. The molecule has 11 nitrogen and oxygen atoms in total. The normalized spacial score (nSPS) is 18.9. The molecule has 3 saturated heterocycles. The first-order valence-electron chi connectivity index (χ1n) is 12.1. The van der Waals surface area contributed by atoms with Crippen LogP contribution < -0.4 is 14.7 Å². The van der Waals surface area contributed by atoms with Crippen LogP contribution in [0.25, 0.3) is 0 Å². The molecular weight excluding hydrogens is 440 g/mol. The third-order valence-electron chi connectivity index (χ3n) is 6.20. The molecule has 3 N–H and O–H groups in total. The molecule has 3 aliphatic rings. The molecule has 4 heterocycles. The number of piperazine rings is 1. The number of anilines is 3. The summed E-state index contributed by atoms with van der Waals surface area (Å²) >= 11 is 0. The largest absolute Gasteiger partial charge is 0.478 e. The second kappa shape index (κ2) is 13.1. The van der Waals surface area contributed by atoms with Crippen LogP contribution in [0.15, 0.2) is 18.2 Å². The second-order valence-electron chi connectivity index (χ2n) is 8.69. The Hall–Kier alpha value is -2.92. The van der Waals surface area contributed by atoms with Crippen molar-refractivity contribution in [3.8, 4) is 0 Å². The first kappa shape index (κ1) is 25.7. The molecule has 0 radical (unpaired) electrons. The van der Waals surface area contributed by atoms with Crippen LogP contribution in [0.4, 0.5) is 17.6 Å². The van der Waals surface area contributed by atoms with Gasteiger partial charge in [0.05, 0.1) is 0 Å². The van der Waals surface area contributed by atoms with E-state index in [1.165, 1.54) is 25.7 Å². The number of aliphatic carboxylic acids is 2. The molecule has 0 aromatic carbocycles. The molecule has 188 valence electrons. The molecule has 11 heteroatoms. The molecule has 0 bridgehead atoms. The summed E-state index contributed by atoms with van der Waals surface area (Å²) in [5.74, 6) is 0.604. The van der Waals surface area contributed by atoms with Crippen molar-refractivity contribution in [2.45, 2.75) is 32.1 Å². The number of carboxylic acid groups (broad SMARTS) is 2. The fourth-order valence-electron chi connectivity index (χ4n) is 4.38. The first-order valence-corrected chi connectivity index (χ1v) is 12.1. The maximum Gasteiger partial charge on any atom is 0.328 e. The summed E-state index contributed by atoms with van der Waals surface area (Å²) in [6.45, 7) is 9.76. The summed E-state index contributed by atoms with van der Waals surface area (Å²) in [6, 6.07) is 2.20. The molecule has 3 aliphatic heterocycles. The second-order valence-corrected chi connectivity index (χ2v) is 8.69. The lowest BCUT2D eigenvalue weighted by Gasteiger charge is -2.36. The van der Waals surface area contributed by atoms with Gasteiger partial charge in [0.1, 0.15) is 11.6 Å². The van der Waals surface area contributed by atoms with Crippen LogP contribution >= 0.6 is 0 Å². The van der Waals surface area contributed by atoms with E-state index in [2.05, 4.69) is 25.7 Å². The van der Waals surface area contributed by atoms with Gasteiger partial charge in [0.2, 0.25) is 5.95 Å². The van der Waals surface area contributed by atoms with Crippen molar-refractivity contribution >= 4 is 29.5 Å². The summed E-state index contributed by atoms with van der Waals surface area (Å²) < 4.78 is 0. The van der Waals surface area contributed by atoms with Crippen molar-refractivity contribution in [1.82, 2.24) is 14.9 Å². The van der Waals surface area contributed by atoms with Gasteiger partial charge < -0.3 is 30.0 Å². The molecular formula is C23H36N6O5. The van der Waals surface area contributed by atoms with E-state index < -0.39 is 11.9 Å². The minimum absolute atomic E-state index is 0.282. The third-order valence-corrected chi connectivity index (χ3v) is 6.20. The molecule has 1 aromatic heterocycles. The lowest BCUT2D eigenvalue weighted by molar-refractivity contribution is -0.134. The zero-order valence-corrected chi connectivity index (χ0v) is 19.7. The Balaban J connectivity index is 0.000000350. The zero-order valence-electron chi connectivity index (χ0n) is 19.7. The van der Waals surface area contributed by atoms with Gasteiger partial charge >= 0.3 is 11.9 Å². The van der Waals surface area contributed by atoms with E-state index in [0.717, 1.165) is 82.9 Å². The number of aromatic nitrogens is 2. The Morgan fingerprint density at radius 2 is 1.24 bits per heavy atom. The number of aliphatic hydroxyl groups excluding tert-OH is 1. The van der Waals surface area contributed by atoms with E-state index in [4.69, 9.17) is 25.3 Å². The maximum atomic E-state index is 9.55. The van der Waals surface area contributed by atoms with Crippen LogP contribution in [0, 0.1) is 0 Å². The molecule has 0 spiro atoms. The highest BCUT2D eigenvalue weighted by atomic mass is 16.4. The van der Waals surface area contributed by atoms with Gasteiger partial charge in [-0.25, -0.2) is 9.59 Å². The van der Waals surface area contributed by atoms with Gasteiger partial charge in [-0.05, 0) is 32.1 Å². The Labute approximate surface area is 200 Å². The van der Waals surface area contributed by atoms with E-state index in [9.17, 15) is 9.59 Å². The van der Waals surface area contributed by atoms with Gasteiger partial charge in [0.15, 0.2) is 0 Å². The Kier molecular flexibility index (Phi) is 9.89. The molecule has 3 fully saturated rings. The summed E-state index contributed by atoms with van der Waals surface area (Å²) in [5.41, 5.74) is 0. The van der Waals surface area contributed by atoms with Gasteiger partial charge in [-0.3, -0.25) is 4.90 Å². The van der Waals surface area contributed by atoms with Crippen molar-refractivity contribution in [2.75, 3.05) is 80.2 Å². The summed E-state index contributed by atoms with van der Waals surface area (Å²) in [4.78, 5) is 38.6. The summed E-state index contributed by atoms with van der Waals surface area (Å²) in [5, 5.41) is 24.7. The van der Waals surface area contributed by atoms with Crippen molar-refractivity contribution in [3.05, 3.63) is 18.2 Å². The number of carbonyl (C=O) groups is 2. The highest BCUT2D eigenvalue weighted by molar-refractivity contribution is 5.89. The Morgan fingerprint density at radius 3 is 1.71 bits per heavy atom. The summed E-state index contributed by atoms with van der Waals surface area (Å²) in [7, 11) is 0. The highest BCUT2D eigenvalue weighted by Crippen LogP contribution is 2.27. The van der Waals surface area contributed by atoms with Crippen molar-refractivity contribution in [3.63, 3.8) is 0 Å². The number of aliphatic hydroxyl groups is 1. The first-order chi connectivity index (χ1) is 16.5. The van der Waals surface area contributed by atoms with E-state index >= 15 is 0 Å². The predicted molar refractivity (Wildman–Crippen MR) is 130 cm³/mol. The van der Waals surface area contributed by atoms with E-state index in [-0.39, 0.29) is 6.61 Å². The molecule has 0 atom stereocenters. The van der Waals surface area contributed by atoms with Gasteiger partial charge in [-0.15, -0.1) is 0 Å². The minimum Gasteiger partial charge on any atom is -0.478 e. The molecule has 4 rings (SSSR count).